The van der Waals surface area contributed by atoms with Gasteiger partial charge in [-0.3, -0.25) is 0 Å². The number of aryl methyl sites for hydroxylation is 2. The number of rotatable bonds is 5. The molecule has 1 aromatic carbocycles. The average molecular weight is 432 g/mol. The van der Waals surface area contributed by atoms with Gasteiger partial charge in [-0.15, -0.1) is 0 Å². The van der Waals surface area contributed by atoms with Gasteiger partial charge >= 0.3 is 0 Å². The molecule has 0 amide bonds. The van der Waals surface area contributed by atoms with Crippen molar-refractivity contribution in [3.8, 4) is 11.4 Å². The second-order valence-electron chi connectivity index (χ2n) is 8.36. The first-order valence-electron chi connectivity index (χ1n) is 11.1. The maximum absolute atomic E-state index is 5.65. The average Bonchev–Trinajstić information content (AvgIpc) is 3.46. The number of likely N-dealkylation sites (N-methyl/N-ethyl adjacent to an activating group) is 1. The molecule has 2 aromatic heterocycles. The molecular formula is C24H29N7O. The van der Waals surface area contributed by atoms with E-state index in [9.17, 15) is 0 Å². The smallest absolute Gasteiger partial charge is 0.229 e. The third-order valence-electron chi connectivity index (χ3n) is 6.37. The molecule has 3 aromatic rings. The highest BCUT2D eigenvalue weighted by Gasteiger charge is 2.38. The van der Waals surface area contributed by atoms with Gasteiger partial charge in [0.05, 0.1) is 36.6 Å². The van der Waals surface area contributed by atoms with Crippen LogP contribution < -0.4 is 19.9 Å². The summed E-state index contributed by atoms with van der Waals surface area (Å²) >= 11 is 0. The van der Waals surface area contributed by atoms with Crippen LogP contribution in [0.4, 0.5) is 23.1 Å². The number of hydrogen-bond acceptors (Lipinski definition) is 7. The zero-order chi connectivity index (χ0) is 22.4. The Hall–Kier alpha value is -3.55. The van der Waals surface area contributed by atoms with Crippen LogP contribution in [0.15, 0.2) is 43.0 Å². The van der Waals surface area contributed by atoms with E-state index in [2.05, 4.69) is 40.7 Å². The molecule has 1 fully saturated rings. The predicted octanol–water partition coefficient (Wildman–Crippen LogP) is 4.22. The van der Waals surface area contributed by atoms with Crippen molar-refractivity contribution in [2.75, 3.05) is 35.8 Å². The zero-order valence-electron chi connectivity index (χ0n) is 19.1. The van der Waals surface area contributed by atoms with E-state index in [-0.39, 0.29) is 0 Å². The summed E-state index contributed by atoms with van der Waals surface area (Å²) in [6.07, 6.45) is 6.85. The zero-order valence-corrected chi connectivity index (χ0v) is 19.1. The van der Waals surface area contributed by atoms with E-state index in [1.165, 1.54) is 0 Å². The molecule has 0 radical (unpaired) electrons. The number of imidazole rings is 1. The van der Waals surface area contributed by atoms with E-state index in [4.69, 9.17) is 14.7 Å². The van der Waals surface area contributed by atoms with Gasteiger partial charge in [-0.05, 0) is 38.3 Å². The van der Waals surface area contributed by atoms with E-state index in [1.54, 1.807) is 13.4 Å². The number of aromatic nitrogens is 4. The maximum Gasteiger partial charge on any atom is 0.229 e. The quantitative estimate of drug-likeness (QED) is 0.649. The van der Waals surface area contributed by atoms with Crippen LogP contribution in [0, 0.1) is 6.92 Å². The van der Waals surface area contributed by atoms with Gasteiger partial charge in [0.2, 0.25) is 5.95 Å². The Bertz CT molecular complexity index is 1190. The molecule has 8 nitrogen and oxygen atoms in total. The van der Waals surface area contributed by atoms with E-state index < -0.39 is 0 Å². The van der Waals surface area contributed by atoms with Crippen molar-refractivity contribution in [3.05, 3.63) is 54.4 Å². The fourth-order valence-electron chi connectivity index (χ4n) is 4.72. The first-order valence-corrected chi connectivity index (χ1v) is 11.1. The highest BCUT2D eigenvalue weighted by atomic mass is 16.5. The SMILES string of the molecule is C=C1C2CCCN2c2nc(Nc3ccc(-n4cnc(C)c4)c(OC)c3)nc(CC)c2N1C. The summed E-state index contributed by atoms with van der Waals surface area (Å²) in [5, 5.41) is 3.40. The van der Waals surface area contributed by atoms with Crippen molar-refractivity contribution >= 4 is 23.1 Å². The molecule has 0 aliphatic carbocycles. The minimum Gasteiger partial charge on any atom is -0.494 e. The largest absolute Gasteiger partial charge is 0.494 e. The number of methoxy groups -OCH3 is 1. The molecule has 2 aliphatic heterocycles. The summed E-state index contributed by atoms with van der Waals surface area (Å²) in [6, 6.07) is 6.30. The van der Waals surface area contributed by atoms with Crippen molar-refractivity contribution in [2.45, 2.75) is 39.2 Å². The van der Waals surface area contributed by atoms with Crippen LogP contribution in [0.5, 0.6) is 5.75 Å². The summed E-state index contributed by atoms with van der Waals surface area (Å²) in [6.45, 7) is 9.44. The molecule has 0 saturated carbocycles. The van der Waals surface area contributed by atoms with Crippen LogP contribution in [-0.2, 0) is 6.42 Å². The monoisotopic (exact) mass is 431 g/mol. The fourth-order valence-corrected chi connectivity index (χ4v) is 4.72. The molecule has 1 unspecified atom stereocenters. The molecular weight excluding hydrogens is 402 g/mol. The van der Waals surface area contributed by atoms with Gasteiger partial charge in [-0.1, -0.05) is 13.5 Å². The molecule has 2 aliphatic rings. The topological polar surface area (TPSA) is 71.3 Å². The number of nitrogens with zero attached hydrogens (tertiary/aromatic N) is 6. The molecule has 0 bridgehead atoms. The Morgan fingerprint density at radius 1 is 1.28 bits per heavy atom. The lowest BCUT2D eigenvalue weighted by atomic mass is 10.1. The minimum absolute atomic E-state index is 0.318. The predicted molar refractivity (Wildman–Crippen MR) is 127 cm³/mol. The second-order valence-corrected chi connectivity index (χ2v) is 8.36. The third-order valence-corrected chi connectivity index (χ3v) is 6.37. The Labute approximate surface area is 188 Å². The van der Waals surface area contributed by atoms with Gasteiger partial charge in [0.15, 0.2) is 5.82 Å². The number of benzene rings is 1. The van der Waals surface area contributed by atoms with E-state index >= 15 is 0 Å². The Kier molecular flexibility index (Phi) is 5.00. The van der Waals surface area contributed by atoms with Gasteiger partial charge < -0.3 is 24.4 Å². The first-order chi connectivity index (χ1) is 15.5. The van der Waals surface area contributed by atoms with Crippen LogP contribution in [-0.4, -0.2) is 46.3 Å². The molecule has 1 atom stereocenters. The van der Waals surface area contributed by atoms with Crippen LogP contribution in [0.25, 0.3) is 5.69 Å². The molecule has 32 heavy (non-hydrogen) atoms. The van der Waals surface area contributed by atoms with Crippen molar-refractivity contribution in [1.82, 2.24) is 19.5 Å². The van der Waals surface area contributed by atoms with Gasteiger partial charge in [0, 0.05) is 37.2 Å². The van der Waals surface area contributed by atoms with E-state index in [1.807, 2.05) is 35.9 Å². The van der Waals surface area contributed by atoms with Crippen molar-refractivity contribution in [1.29, 1.82) is 0 Å². The summed E-state index contributed by atoms with van der Waals surface area (Å²) in [5.41, 5.74) is 5.98. The van der Waals surface area contributed by atoms with Crippen molar-refractivity contribution in [2.24, 2.45) is 0 Å². The van der Waals surface area contributed by atoms with Crippen LogP contribution in [0.2, 0.25) is 0 Å². The maximum atomic E-state index is 5.65. The highest BCUT2D eigenvalue weighted by molar-refractivity contribution is 5.78. The first kappa shape index (κ1) is 20.4. The lowest BCUT2D eigenvalue weighted by Gasteiger charge is -2.41. The third kappa shape index (κ3) is 3.26. The normalized spacial score (nSPS) is 17.4. The lowest BCUT2D eigenvalue weighted by molar-refractivity contribution is 0.413. The van der Waals surface area contributed by atoms with Gasteiger partial charge in [0.25, 0.3) is 0 Å². The molecule has 1 saturated heterocycles. The Morgan fingerprint density at radius 3 is 2.84 bits per heavy atom. The highest BCUT2D eigenvalue weighted by Crippen LogP contribution is 2.44. The molecule has 1 N–H and O–H groups in total. The number of hydrogen-bond donors (Lipinski definition) is 1. The van der Waals surface area contributed by atoms with Crippen LogP contribution in [0.1, 0.15) is 31.2 Å². The summed E-state index contributed by atoms with van der Waals surface area (Å²) < 4.78 is 7.61. The summed E-state index contributed by atoms with van der Waals surface area (Å²) in [7, 11) is 3.75. The number of ether oxygens (including phenoxy) is 1. The Morgan fingerprint density at radius 2 is 2.12 bits per heavy atom. The van der Waals surface area contributed by atoms with Crippen molar-refractivity contribution < 1.29 is 4.74 Å². The van der Waals surface area contributed by atoms with Gasteiger partial charge in [-0.2, -0.15) is 4.98 Å². The molecule has 5 rings (SSSR count). The molecule has 166 valence electrons. The van der Waals surface area contributed by atoms with Crippen molar-refractivity contribution in [3.63, 3.8) is 0 Å². The molecule has 0 spiro atoms. The lowest BCUT2D eigenvalue weighted by Crippen LogP contribution is -2.43. The van der Waals surface area contributed by atoms with E-state index in [0.29, 0.717) is 12.0 Å². The molecule has 4 heterocycles. The van der Waals surface area contributed by atoms with Crippen LogP contribution >= 0.6 is 0 Å². The molecule has 8 heteroatoms. The summed E-state index contributed by atoms with van der Waals surface area (Å²) in [4.78, 5) is 18.7. The standard InChI is InChI=1S/C24H29N7O/c1-6-18-22-23(31-11-7-8-19(31)16(3)29(22)4)28-24(27-18)26-17-9-10-20(21(12-17)32-5)30-13-15(2)25-14-30/h9-10,12-14,19H,3,6-8,11H2,1-2,4-5H3,(H,26,27,28). The van der Waals surface area contributed by atoms with Gasteiger partial charge in [0.1, 0.15) is 11.4 Å². The van der Waals surface area contributed by atoms with Crippen LogP contribution in [0.3, 0.4) is 0 Å². The van der Waals surface area contributed by atoms with Gasteiger partial charge in [-0.25, -0.2) is 9.97 Å². The van der Waals surface area contributed by atoms with E-state index in [0.717, 1.165) is 71.5 Å². The number of nitrogens with one attached hydrogen (secondary N) is 1. The summed E-state index contributed by atoms with van der Waals surface area (Å²) in [5.74, 6) is 2.34. The fraction of sp³-hybridized carbons (Fsp3) is 0.375. The number of anilines is 4. The second kappa shape index (κ2) is 7.85. The minimum atomic E-state index is 0.318. The number of fused-ring (bicyclic) bond motifs is 3. The Balaban J connectivity index is 1.51.